The first-order chi connectivity index (χ1) is 11.2. The number of carbonyl (C=O) groups is 1. The number of hydrogen-bond donors (Lipinski definition) is 2. The zero-order valence-corrected chi connectivity index (χ0v) is 14.6. The lowest BCUT2D eigenvalue weighted by Crippen LogP contribution is -2.45. The maximum absolute atomic E-state index is 12.3. The minimum absolute atomic E-state index is 0.0270. The van der Waals surface area contributed by atoms with Gasteiger partial charge in [0.05, 0.1) is 0 Å². The molecular weight excluding hydrogens is 310 g/mol. The number of thiophene rings is 1. The van der Waals surface area contributed by atoms with Gasteiger partial charge in [0, 0.05) is 43.1 Å². The van der Waals surface area contributed by atoms with Crippen LogP contribution in [0.15, 0.2) is 17.5 Å². The Bertz CT molecular complexity index is 508. The largest absolute Gasteiger partial charge is 0.396 e. The number of amides is 2. The molecule has 0 radical (unpaired) electrons. The molecule has 0 spiro atoms. The lowest BCUT2D eigenvalue weighted by molar-refractivity contribution is 0.121. The Kier molecular flexibility index (Phi) is 5.56. The smallest absolute Gasteiger partial charge is 0.317 e. The number of urea groups is 1. The van der Waals surface area contributed by atoms with Crippen molar-refractivity contribution in [3.63, 3.8) is 0 Å². The minimum Gasteiger partial charge on any atom is -0.396 e. The van der Waals surface area contributed by atoms with Crippen LogP contribution >= 0.6 is 11.3 Å². The Labute approximate surface area is 142 Å². The molecule has 0 aliphatic carbocycles. The van der Waals surface area contributed by atoms with Crippen molar-refractivity contribution >= 4 is 17.4 Å². The fourth-order valence-corrected chi connectivity index (χ4v) is 4.86. The molecular formula is C17H27N3O2S. The molecule has 3 rings (SSSR count). The zero-order chi connectivity index (χ0) is 16.2. The molecule has 2 amide bonds. The first-order valence-corrected chi connectivity index (χ1v) is 9.44. The Morgan fingerprint density at radius 1 is 1.43 bits per heavy atom. The summed E-state index contributed by atoms with van der Waals surface area (Å²) < 4.78 is 0. The standard InChI is InChI=1S/C17H27N3O2S/c1-19-7-2-4-14(16(19)15-5-3-9-23-15)10-18-17(22)20-8-6-13(11-20)12-21/h3,5,9,13-14,16,21H,2,4,6-8,10-12H2,1H3,(H,18,22). The van der Waals surface area contributed by atoms with Crippen molar-refractivity contribution < 1.29 is 9.90 Å². The number of hydrogen-bond acceptors (Lipinski definition) is 4. The van der Waals surface area contributed by atoms with Gasteiger partial charge in [-0.1, -0.05) is 6.07 Å². The highest BCUT2D eigenvalue weighted by Crippen LogP contribution is 2.36. The third kappa shape index (κ3) is 3.87. The van der Waals surface area contributed by atoms with E-state index in [2.05, 4.69) is 34.8 Å². The summed E-state index contributed by atoms with van der Waals surface area (Å²) in [5.74, 6) is 0.716. The normalized spacial score (nSPS) is 29.0. The minimum atomic E-state index is 0.0270. The third-order valence-electron chi connectivity index (χ3n) is 5.19. The Morgan fingerprint density at radius 2 is 2.30 bits per heavy atom. The summed E-state index contributed by atoms with van der Waals surface area (Å²) in [6.45, 7) is 3.47. The van der Waals surface area contributed by atoms with Crippen molar-refractivity contribution in [2.24, 2.45) is 11.8 Å². The van der Waals surface area contributed by atoms with E-state index in [-0.39, 0.29) is 18.6 Å². The van der Waals surface area contributed by atoms with Gasteiger partial charge in [0.2, 0.25) is 0 Å². The quantitative estimate of drug-likeness (QED) is 0.885. The van der Waals surface area contributed by atoms with Crippen LogP contribution in [0.2, 0.25) is 0 Å². The number of carbonyl (C=O) groups excluding carboxylic acids is 1. The van der Waals surface area contributed by atoms with Crippen molar-refractivity contribution in [1.82, 2.24) is 15.1 Å². The Morgan fingerprint density at radius 3 is 3.00 bits per heavy atom. The van der Waals surface area contributed by atoms with Crippen molar-refractivity contribution in [3.05, 3.63) is 22.4 Å². The number of aliphatic hydroxyl groups excluding tert-OH is 1. The van der Waals surface area contributed by atoms with E-state index in [1.807, 2.05) is 16.2 Å². The van der Waals surface area contributed by atoms with Crippen molar-refractivity contribution in [2.75, 3.05) is 39.8 Å². The topological polar surface area (TPSA) is 55.8 Å². The molecule has 0 bridgehead atoms. The molecule has 2 N–H and O–H groups in total. The van der Waals surface area contributed by atoms with Crippen LogP contribution in [0.5, 0.6) is 0 Å². The lowest BCUT2D eigenvalue weighted by Gasteiger charge is -2.39. The van der Waals surface area contributed by atoms with Gasteiger partial charge >= 0.3 is 6.03 Å². The maximum Gasteiger partial charge on any atom is 0.317 e. The first-order valence-electron chi connectivity index (χ1n) is 8.56. The zero-order valence-electron chi connectivity index (χ0n) is 13.8. The van der Waals surface area contributed by atoms with E-state index < -0.39 is 0 Å². The average Bonchev–Trinajstić information content (AvgIpc) is 3.23. The van der Waals surface area contributed by atoms with E-state index in [0.29, 0.717) is 18.5 Å². The molecule has 1 aromatic rings. The molecule has 3 atom stereocenters. The molecule has 2 saturated heterocycles. The summed E-state index contributed by atoms with van der Waals surface area (Å²) >= 11 is 1.81. The van der Waals surface area contributed by atoms with Crippen LogP contribution in [-0.2, 0) is 0 Å². The number of piperidine rings is 1. The van der Waals surface area contributed by atoms with E-state index in [1.54, 1.807) is 0 Å². The number of rotatable bonds is 4. The Balaban J connectivity index is 1.56. The van der Waals surface area contributed by atoms with Crippen LogP contribution in [0.1, 0.15) is 30.2 Å². The highest BCUT2D eigenvalue weighted by Gasteiger charge is 2.32. The second-order valence-corrected chi connectivity index (χ2v) is 7.79. The summed E-state index contributed by atoms with van der Waals surface area (Å²) in [5.41, 5.74) is 0. The van der Waals surface area contributed by atoms with E-state index in [9.17, 15) is 9.90 Å². The van der Waals surface area contributed by atoms with Gasteiger partial charge in [0.25, 0.3) is 0 Å². The molecule has 6 heteroatoms. The monoisotopic (exact) mass is 337 g/mol. The molecule has 128 valence electrons. The second kappa shape index (κ2) is 7.64. The predicted octanol–water partition coefficient (Wildman–Crippen LogP) is 2.15. The molecule has 3 unspecified atom stereocenters. The molecule has 1 aromatic heterocycles. The Hall–Kier alpha value is -1.11. The SMILES string of the molecule is CN1CCCC(CNC(=O)N2CCC(CO)C2)C1c1cccs1. The van der Waals surface area contributed by atoms with Gasteiger partial charge in [0.1, 0.15) is 0 Å². The van der Waals surface area contributed by atoms with E-state index in [4.69, 9.17) is 0 Å². The van der Waals surface area contributed by atoms with Gasteiger partial charge in [-0.05, 0) is 50.2 Å². The molecule has 2 aliphatic rings. The van der Waals surface area contributed by atoms with Gasteiger partial charge in [-0.25, -0.2) is 4.79 Å². The van der Waals surface area contributed by atoms with Crippen LogP contribution in [0.4, 0.5) is 4.79 Å². The summed E-state index contributed by atoms with van der Waals surface area (Å²) in [5, 5.41) is 14.5. The number of nitrogens with one attached hydrogen (secondary N) is 1. The molecule has 2 aliphatic heterocycles. The van der Waals surface area contributed by atoms with Crippen molar-refractivity contribution in [2.45, 2.75) is 25.3 Å². The second-order valence-electron chi connectivity index (χ2n) is 6.81. The highest BCUT2D eigenvalue weighted by molar-refractivity contribution is 7.10. The maximum atomic E-state index is 12.3. The third-order valence-corrected chi connectivity index (χ3v) is 6.13. The highest BCUT2D eigenvalue weighted by atomic mass is 32.1. The first kappa shape index (κ1) is 16.7. The fourth-order valence-electron chi connectivity index (χ4n) is 3.88. The van der Waals surface area contributed by atoms with Crippen LogP contribution in [0.25, 0.3) is 0 Å². The van der Waals surface area contributed by atoms with Gasteiger partial charge in [-0.15, -0.1) is 11.3 Å². The molecule has 5 nitrogen and oxygen atoms in total. The van der Waals surface area contributed by atoms with E-state index >= 15 is 0 Å². The molecule has 0 aromatic carbocycles. The molecule has 3 heterocycles. The van der Waals surface area contributed by atoms with Crippen LogP contribution < -0.4 is 5.32 Å². The average molecular weight is 337 g/mol. The van der Waals surface area contributed by atoms with Gasteiger partial charge < -0.3 is 15.3 Å². The van der Waals surface area contributed by atoms with Crippen LogP contribution in [0.3, 0.4) is 0 Å². The van der Waals surface area contributed by atoms with E-state index in [0.717, 1.165) is 32.5 Å². The lowest BCUT2D eigenvalue weighted by atomic mass is 9.88. The summed E-state index contributed by atoms with van der Waals surface area (Å²) in [6, 6.07) is 4.75. The van der Waals surface area contributed by atoms with Gasteiger partial charge in [0.15, 0.2) is 0 Å². The predicted molar refractivity (Wildman–Crippen MR) is 92.6 cm³/mol. The van der Waals surface area contributed by atoms with Crippen molar-refractivity contribution in [1.29, 1.82) is 0 Å². The molecule has 23 heavy (non-hydrogen) atoms. The molecule has 2 fully saturated rings. The number of nitrogens with zero attached hydrogens (tertiary/aromatic N) is 2. The van der Waals surface area contributed by atoms with Gasteiger partial charge in [-0.2, -0.15) is 0 Å². The fraction of sp³-hybridized carbons (Fsp3) is 0.706. The van der Waals surface area contributed by atoms with Crippen LogP contribution in [-0.4, -0.2) is 60.8 Å². The summed E-state index contributed by atoms with van der Waals surface area (Å²) in [4.78, 5) is 18.0. The van der Waals surface area contributed by atoms with Gasteiger partial charge in [-0.3, -0.25) is 4.90 Å². The summed E-state index contributed by atoms with van der Waals surface area (Å²) in [7, 11) is 2.19. The van der Waals surface area contributed by atoms with E-state index in [1.165, 1.54) is 11.3 Å². The number of aliphatic hydroxyl groups is 1. The summed E-state index contributed by atoms with van der Waals surface area (Å²) in [6.07, 6.45) is 3.26. The number of likely N-dealkylation sites (tertiary alicyclic amines) is 2. The molecule has 0 saturated carbocycles. The van der Waals surface area contributed by atoms with Crippen LogP contribution in [0, 0.1) is 11.8 Å². The van der Waals surface area contributed by atoms with Crippen molar-refractivity contribution in [3.8, 4) is 0 Å².